The number of piperidine rings is 1. The van der Waals surface area contributed by atoms with Crippen LogP contribution in [0.3, 0.4) is 0 Å². The Balaban J connectivity index is 2.19. The lowest BCUT2D eigenvalue weighted by Crippen LogP contribution is -2.35. The summed E-state index contributed by atoms with van der Waals surface area (Å²) in [5.41, 5.74) is 0.745. The number of nitrogens with zero attached hydrogens (tertiary/aromatic N) is 4. The summed E-state index contributed by atoms with van der Waals surface area (Å²) in [6.07, 6.45) is 2.12. The molecule has 2 aromatic rings. The van der Waals surface area contributed by atoms with Crippen LogP contribution in [0.25, 0.3) is 11.1 Å². The molecular weight excluding hydrogens is 386 g/mol. The monoisotopic (exact) mass is 410 g/mol. The molecule has 146 valence electrons. The SMILES string of the molecule is CCN(CC)c1nc(Cl)c(-c2c(F)cccc2Cl)c(N2CCC(C)CC2)n1. The molecule has 0 spiro atoms. The van der Waals surface area contributed by atoms with E-state index in [0.717, 1.165) is 39.0 Å². The van der Waals surface area contributed by atoms with Crippen molar-refractivity contribution in [2.75, 3.05) is 36.0 Å². The lowest BCUT2D eigenvalue weighted by atomic mass is 9.98. The molecule has 1 aromatic heterocycles. The fourth-order valence-corrected chi connectivity index (χ4v) is 3.97. The van der Waals surface area contributed by atoms with Crippen LogP contribution in [-0.2, 0) is 0 Å². The van der Waals surface area contributed by atoms with E-state index in [-0.39, 0.29) is 10.7 Å². The molecule has 1 fully saturated rings. The van der Waals surface area contributed by atoms with Crippen molar-refractivity contribution >= 4 is 35.0 Å². The minimum atomic E-state index is -0.421. The van der Waals surface area contributed by atoms with Gasteiger partial charge < -0.3 is 9.80 Å². The predicted octanol–water partition coefficient (Wildman–Crippen LogP) is 5.67. The zero-order valence-electron chi connectivity index (χ0n) is 16.0. The van der Waals surface area contributed by atoms with E-state index in [4.69, 9.17) is 28.2 Å². The largest absolute Gasteiger partial charge is 0.356 e. The van der Waals surface area contributed by atoms with Gasteiger partial charge in [0.15, 0.2) is 0 Å². The number of hydrogen-bond donors (Lipinski definition) is 0. The summed E-state index contributed by atoms with van der Waals surface area (Å²) < 4.78 is 14.7. The summed E-state index contributed by atoms with van der Waals surface area (Å²) in [7, 11) is 0. The highest BCUT2D eigenvalue weighted by atomic mass is 35.5. The van der Waals surface area contributed by atoms with Gasteiger partial charge in [0.1, 0.15) is 16.8 Å². The first kappa shape index (κ1) is 20.2. The Morgan fingerprint density at radius 3 is 2.37 bits per heavy atom. The topological polar surface area (TPSA) is 32.3 Å². The molecule has 0 saturated carbocycles. The van der Waals surface area contributed by atoms with Gasteiger partial charge >= 0.3 is 0 Å². The first-order chi connectivity index (χ1) is 13.0. The van der Waals surface area contributed by atoms with E-state index < -0.39 is 5.82 Å². The second-order valence-electron chi connectivity index (χ2n) is 6.95. The summed E-state index contributed by atoms with van der Waals surface area (Å²) >= 11 is 12.9. The zero-order valence-corrected chi connectivity index (χ0v) is 17.5. The highest BCUT2D eigenvalue weighted by Gasteiger charge is 2.27. The van der Waals surface area contributed by atoms with Crippen molar-refractivity contribution in [3.05, 3.63) is 34.2 Å². The van der Waals surface area contributed by atoms with Crippen LogP contribution in [-0.4, -0.2) is 36.1 Å². The third-order valence-electron chi connectivity index (χ3n) is 5.18. The smallest absolute Gasteiger partial charge is 0.228 e. The predicted molar refractivity (Wildman–Crippen MR) is 112 cm³/mol. The number of benzene rings is 1. The minimum absolute atomic E-state index is 0.229. The second-order valence-corrected chi connectivity index (χ2v) is 7.72. The van der Waals surface area contributed by atoms with Crippen LogP contribution in [0.15, 0.2) is 18.2 Å². The second kappa shape index (κ2) is 8.61. The number of hydrogen-bond acceptors (Lipinski definition) is 4. The molecule has 0 unspecified atom stereocenters. The standard InChI is InChI=1S/C20H25Cl2FN4/c1-4-26(5-2)20-24-18(22)17(16-14(21)7-6-8-15(16)23)19(25-20)27-11-9-13(3)10-12-27/h6-8,13H,4-5,9-12H2,1-3H3. The number of halogens is 3. The van der Waals surface area contributed by atoms with Gasteiger partial charge in [0, 0.05) is 31.7 Å². The van der Waals surface area contributed by atoms with Gasteiger partial charge in [-0.25, -0.2) is 9.37 Å². The Morgan fingerprint density at radius 2 is 1.78 bits per heavy atom. The third-order valence-corrected chi connectivity index (χ3v) is 5.76. The quantitative estimate of drug-likeness (QED) is 0.594. The zero-order chi connectivity index (χ0) is 19.6. The number of anilines is 2. The fourth-order valence-electron chi connectivity index (χ4n) is 3.46. The van der Waals surface area contributed by atoms with Gasteiger partial charge in [0.05, 0.1) is 10.6 Å². The van der Waals surface area contributed by atoms with Crippen LogP contribution in [0, 0.1) is 11.7 Å². The van der Waals surface area contributed by atoms with Gasteiger partial charge in [-0.3, -0.25) is 0 Å². The molecule has 4 nitrogen and oxygen atoms in total. The number of rotatable bonds is 5. The number of aromatic nitrogens is 2. The lowest BCUT2D eigenvalue weighted by Gasteiger charge is -2.33. The van der Waals surface area contributed by atoms with E-state index >= 15 is 0 Å². The Labute approximate surface area is 170 Å². The van der Waals surface area contributed by atoms with Gasteiger partial charge in [-0.15, -0.1) is 0 Å². The summed E-state index contributed by atoms with van der Waals surface area (Å²) in [5, 5.41) is 0.537. The molecule has 3 rings (SSSR count). The van der Waals surface area contributed by atoms with Gasteiger partial charge in [-0.05, 0) is 44.7 Å². The van der Waals surface area contributed by atoms with E-state index in [2.05, 4.69) is 16.8 Å². The van der Waals surface area contributed by atoms with E-state index in [1.807, 2.05) is 18.7 Å². The maximum absolute atomic E-state index is 14.7. The van der Waals surface area contributed by atoms with Crippen LogP contribution >= 0.6 is 23.2 Å². The molecule has 0 radical (unpaired) electrons. The maximum atomic E-state index is 14.7. The summed E-state index contributed by atoms with van der Waals surface area (Å²) in [5.74, 6) is 1.47. The average Bonchev–Trinajstić information content (AvgIpc) is 2.64. The van der Waals surface area contributed by atoms with Gasteiger partial charge in [0.2, 0.25) is 5.95 Å². The Bertz CT molecular complexity index is 783. The van der Waals surface area contributed by atoms with E-state index in [1.165, 1.54) is 6.07 Å². The van der Waals surface area contributed by atoms with Gasteiger partial charge in [-0.2, -0.15) is 4.98 Å². The molecule has 0 aliphatic carbocycles. The molecule has 1 aromatic carbocycles. The molecular formula is C20H25Cl2FN4. The van der Waals surface area contributed by atoms with Crippen molar-refractivity contribution in [1.29, 1.82) is 0 Å². The molecule has 0 bridgehead atoms. The third kappa shape index (κ3) is 4.14. The van der Waals surface area contributed by atoms with Crippen LogP contribution < -0.4 is 9.80 Å². The molecule has 0 amide bonds. The summed E-state index contributed by atoms with van der Waals surface area (Å²) in [4.78, 5) is 13.5. The van der Waals surface area contributed by atoms with Crippen molar-refractivity contribution in [1.82, 2.24) is 9.97 Å². The van der Waals surface area contributed by atoms with E-state index in [1.54, 1.807) is 12.1 Å². The van der Waals surface area contributed by atoms with E-state index in [9.17, 15) is 4.39 Å². The summed E-state index contributed by atoms with van der Waals surface area (Å²) in [6, 6.07) is 4.64. The van der Waals surface area contributed by atoms with Crippen LogP contribution in [0.2, 0.25) is 10.2 Å². The van der Waals surface area contributed by atoms with Gasteiger partial charge in [-0.1, -0.05) is 36.2 Å². The van der Waals surface area contributed by atoms with E-state index in [0.29, 0.717) is 28.3 Å². The average molecular weight is 411 g/mol. The summed E-state index contributed by atoms with van der Waals surface area (Å²) in [6.45, 7) is 9.58. The molecule has 2 heterocycles. The normalized spacial score (nSPS) is 15.3. The molecule has 27 heavy (non-hydrogen) atoms. The Hall–Kier alpha value is -1.59. The fraction of sp³-hybridized carbons (Fsp3) is 0.500. The first-order valence-corrected chi connectivity index (χ1v) is 10.2. The molecule has 1 aliphatic heterocycles. The molecule has 7 heteroatoms. The maximum Gasteiger partial charge on any atom is 0.228 e. The van der Waals surface area contributed by atoms with Crippen molar-refractivity contribution in [2.24, 2.45) is 5.92 Å². The lowest BCUT2D eigenvalue weighted by molar-refractivity contribution is 0.436. The Morgan fingerprint density at radius 1 is 1.11 bits per heavy atom. The van der Waals surface area contributed by atoms with Gasteiger partial charge in [0.25, 0.3) is 0 Å². The molecule has 1 aliphatic rings. The van der Waals surface area contributed by atoms with Crippen molar-refractivity contribution < 1.29 is 4.39 Å². The molecule has 0 N–H and O–H groups in total. The van der Waals surface area contributed by atoms with Crippen LogP contribution in [0.5, 0.6) is 0 Å². The van der Waals surface area contributed by atoms with Crippen molar-refractivity contribution in [2.45, 2.75) is 33.6 Å². The van der Waals surface area contributed by atoms with Crippen molar-refractivity contribution in [3.8, 4) is 11.1 Å². The van der Waals surface area contributed by atoms with Crippen LogP contribution in [0.1, 0.15) is 33.6 Å². The molecule has 0 atom stereocenters. The van der Waals surface area contributed by atoms with Crippen molar-refractivity contribution in [3.63, 3.8) is 0 Å². The highest BCUT2D eigenvalue weighted by Crippen LogP contribution is 2.42. The molecule has 1 saturated heterocycles. The first-order valence-electron chi connectivity index (χ1n) is 9.48. The Kier molecular flexibility index (Phi) is 6.43. The van der Waals surface area contributed by atoms with Crippen LogP contribution in [0.4, 0.5) is 16.2 Å². The minimum Gasteiger partial charge on any atom is -0.356 e. The highest BCUT2D eigenvalue weighted by molar-refractivity contribution is 6.36.